The Hall–Kier alpha value is -2.49. The summed E-state index contributed by atoms with van der Waals surface area (Å²) in [6.07, 6.45) is -0.521. The molecule has 0 bridgehead atoms. The van der Waals surface area contributed by atoms with Crippen molar-refractivity contribution in [3.63, 3.8) is 0 Å². The lowest BCUT2D eigenvalue weighted by Crippen LogP contribution is -2.45. The molecule has 3 aromatic carbocycles. The van der Waals surface area contributed by atoms with Crippen molar-refractivity contribution >= 4 is 62.1 Å². The number of nitrogens with one attached hydrogen (secondary N) is 1. The van der Waals surface area contributed by atoms with Crippen molar-refractivity contribution in [3.8, 4) is 5.75 Å². The first-order valence-electron chi connectivity index (χ1n) is 10.6. The van der Waals surface area contributed by atoms with Gasteiger partial charge in [0.2, 0.25) is 0 Å². The monoisotopic (exact) mass is 554 g/mol. The molecule has 4 rings (SSSR count). The van der Waals surface area contributed by atoms with Crippen LogP contribution in [-0.2, 0) is 14.8 Å². The van der Waals surface area contributed by atoms with Gasteiger partial charge in [-0.05, 0) is 61.5 Å². The van der Waals surface area contributed by atoms with Crippen LogP contribution in [0, 0.1) is 0 Å². The van der Waals surface area contributed by atoms with Gasteiger partial charge >= 0.3 is 0 Å². The molecule has 1 aliphatic heterocycles. The van der Waals surface area contributed by atoms with E-state index in [0.717, 1.165) is 0 Å². The maximum absolute atomic E-state index is 13.6. The molecular formula is C24H21Cl3N2O5S. The summed E-state index contributed by atoms with van der Waals surface area (Å²) in [5, 5.41) is 3.54. The number of rotatable bonds is 7. The van der Waals surface area contributed by atoms with Gasteiger partial charge in [0.05, 0.1) is 39.3 Å². The van der Waals surface area contributed by atoms with Crippen LogP contribution in [0.2, 0.25) is 15.1 Å². The summed E-state index contributed by atoms with van der Waals surface area (Å²) in [7, 11) is -3.98. The number of ether oxygens (including phenoxy) is 2. The zero-order valence-corrected chi connectivity index (χ0v) is 21.6. The van der Waals surface area contributed by atoms with Gasteiger partial charge in [-0.2, -0.15) is 0 Å². The standard InChI is InChI=1S/C24H21Cl3N2O5S/c1-2-33-14-17-13-29(35(31,32)18-9-6-15(25)7-10-18)21-12-16(8-11-22(21)34-17)28-24(30)23-19(26)4-3-5-20(23)27/h3-12,17H,2,13-14H2,1H3,(H,28,30). The maximum atomic E-state index is 13.6. The van der Waals surface area contributed by atoms with Crippen LogP contribution in [0.25, 0.3) is 0 Å². The molecular weight excluding hydrogens is 535 g/mol. The van der Waals surface area contributed by atoms with E-state index in [-0.39, 0.29) is 39.3 Å². The van der Waals surface area contributed by atoms with E-state index in [2.05, 4.69) is 5.32 Å². The second kappa shape index (κ2) is 10.6. The second-order valence-corrected chi connectivity index (χ2v) is 10.7. The fourth-order valence-corrected chi connectivity index (χ4v) is 5.79. The number of benzene rings is 3. The quantitative estimate of drug-likeness (QED) is 0.393. The molecule has 35 heavy (non-hydrogen) atoms. The Labute approximate surface area is 218 Å². The highest BCUT2D eigenvalue weighted by atomic mass is 35.5. The molecule has 1 unspecified atom stereocenters. The highest BCUT2D eigenvalue weighted by Crippen LogP contribution is 2.39. The first-order chi connectivity index (χ1) is 16.7. The van der Waals surface area contributed by atoms with Crippen molar-refractivity contribution < 1.29 is 22.7 Å². The average Bonchev–Trinajstić information content (AvgIpc) is 2.82. The number of fused-ring (bicyclic) bond motifs is 1. The summed E-state index contributed by atoms with van der Waals surface area (Å²) in [5.74, 6) is -0.189. The fourth-order valence-electron chi connectivity index (χ4n) is 3.60. The molecule has 0 saturated heterocycles. The second-order valence-electron chi connectivity index (χ2n) is 7.62. The molecule has 0 aromatic heterocycles. The highest BCUT2D eigenvalue weighted by molar-refractivity contribution is 7.92. The normalized spacial score (nSPS) is 15.3. The minimum absolute atomic E-state index is 0.0195. The molecule has 1 atom stereocenters. The smallest absolute Gasteiger partial charge is 0.264 e. The number of amides is 1. The summed E-state index contributed by atoms with van der Waals surface area (Å²) in [4.78, 5) is 12.9. The molecule has 0 saturated carbocycles. The predicted octanol–water partition coefficient (Wildman–Crippen LogP) is 5.89. The third-order valence-electron chi connectivity index (χ3n) is 5.25. The first kappa shape index (κ1) is 25.6. The third kappa shape index (κ3) is 5.52. The van der Waals surface area contributed by atoms with Gasteiger partial charge < -0.3 is 14.8 Å². The van der Waals surface area contributed by atoms with Gasteiger partial charge in [0, 0.05) is 17.3 Å². The van der Waals surface area contributed by atoms with E-state index in [4.69, 9.17) is 44.3 Å². The Bertz CT molecular complexity index is 1330. The van der Waals surface area contributed by atoms with Gasteiger partial charge in [-0.1, -0.05) is 40.9 Å². The number of sulfonamides is 1. The summed E-state index contributed by atoms with van der Waals surface area (Å²) in [5.41, 5.74) is 0.732. The molecule has 0 spiro atoms. The minimum atomic E-state index is -3.98. The van der Waals surface area contributed by atoms with Crippen LogP contribution in [0.1, 0.15) is 17.3 Å². The van der Waals surface area contributed by atoms with Crippen LogP contribution >= 0.6 is 34.8 Å². The van der Waals surface area contributed by atoms with Crippen molar-refractivity contribution in [2.45, 2.75) is 17.9 Å². The van der Waals surface area contributed by atoms with Crippen molar-refractivity contribution in [2.75, 3.05) is 29.4 Å². The number of halogens is 3. The summed E-state index contributed by atoms with van der Waals surface area (Å²) in [6.45, 7) is 2.54. The van der Waals surface area contributed by atoms with Crippen LogP contribution < -0.4 is 14.4 Å². The first-order valence-corrected chi connectivity index (χ1v) is 13.2. The van der Waals surface area contributed by atoms with Gasteiger partial charge in [-0.15, -0.1) is 0 Å². The van der Waals surface area contributed by atoms with Crippen molar-refractivity contribution in [2.24, 2.45) is 0 Å². The number of hydrogen-bond acceptors (Lipinski definition) is 5. The van der Waals surface area contributed by atoms with Crippen LogP contribution in [-0.4, -0.2) is 40.2 Å². The van der Waals surface area contributed by atoms with Crippen molar-refractivity contribution in [1.82, 2.24) is 0 Å². The van der Waals surface area contributed by atoms with E-state index < -0.39 is 22.0 Å². The molecule has 3 aromatic rings. The summed E-state index contributed by atoms with van der Waals surface area (Å²) < 4.78 is 39.9. The average molecular weight is 556 g/mol. The number of hydrogen-bond donors (Lipinski definition) is 1. The Morgan fingerprint density at radius 1 is 1.09 bits per heavy atom. The van der Waals surface area contributed by atoms with Crippen LogP contribution in [0.15, 0.2) is 65.6 Å². The fraction of sp³-hybridized carbons (Fsp3) is 0.208. The molecule has 11 heteroatoms. The van der Waals surface area contributed by atoms with E-state index >= 15 is 0 Å². The molecule has 1 N–H and O–H groups in total. The van der Waals surface area contributed by atoms with Gasteiger partial charge in [0.25, 0.3) is 15.9 Å². The number of anilines is 2. The molecule has 1 aliphatic rings. The molecule has 0 aliphatic carbocycles. The highest BCUT2D eigenvalue weighted by Gasteiger charge is 2.35. The number of carbonyl (C=O) groups is 1. The van der Waals surface area contributed by atoms with E-state index in [9.17, 15) is 13.2 Å². The number of carbonyl (C=O) groups excluding carboxylic acids is 1. The molecule has 0 fully saturated rings. The summed E-state index contributed by atoms with van der Waals surface area (Å²) in [6, 6.07) is 15.4. The topological polar surface area (TPSA) is 84.9 Å². The third-order valence-corrected chi connectivity index (χ3v) is 7.92. The van der Waals surface area contributed by atoms with Gasteiger partial charge in [-0.25, -0.2) is 8.42 Å². The van der Waals surface area contributed by atoms with Gasteiger partial charge in [-0.3, -0.25) is 9.10 Å². The molecule has 1 amide bonds. The molecule has 0 radical (unpaired) electrons. The van der Waals surface area contributed by atoms with E-state index in [1.54, 1.807) is 30.3 Å². The Kier molecular flexibility index (Phi) is 7.78. The zero-order chi connectivity index (χ0) is 25.2. The number of nitrogens with zero attached hydrogens (tertiary/aromatic N) is 1. The van der Waals surface area contributed by atoms with E-state index in [0.29, 0.717) is 23.1 Å². The Morgan fingerprint density at radius 3 is 2.43 bits per heavy atom. The van der Waals surface area contributed by atoms with Crippen LogP contribution in [0.3, 0.4) is 0 Å². The van der Waals surface area contributed by atoms with Crippen molar-refractivity contribution in [1.29, 1.82) is 0 Å². The van der Waals surface area contributed by atoms with Gasteiger partial charge in [0.15, 0.2) is 0 Å². The Balaban J connectivity index is 1.71. The SMILES string of the molecule is CCOCC1CN(S(=O)(=O)c2ccc(Cl)cc2)c2cc(NC(=O)c3c(Cl)cccc3Cl)ccc2O1. The van der Waals surface area contributed by atoms with E-state index in [1.165, 1.54) is 34.6 Å². The van der Waals surface area contributed by atoms with Crippen LogP contribution in [0.5, 0.6) is 5.75 Å². The van der Waals surface area contributed by atoms with Crippen LogP contribution in [0.4, 0.5) is 11.4 Å². The molecule has 7 nitrogen and oxygen atoms in total. The molecule has 184 valence electrons. The lowest BCUT2D eigenvalue weighted by atomic mass is 10.1. The largest absolute Gasteiger partial charge is 0.484 e. The van der Waals surface area contributed by atoms with Crippen molar-refractivity contribution in [3.05, 3.63) is 81.3 Å². The molecule has 1 heterocycles. The van der Waals surface area contributed by atoms with Gasteiger partial charge in [0.1, 0.15) is 11.9 Å². The predicted molar refractivity (Wildman–Crippen MR) is 138 cm³/mol. The maximum Gasteiger partial charge on any atom is 0.264 e. The Morgan fingerprint density at radius 2 is 1.77 bits per heavy atom. The zero-order valence-electron chi connectivity index (χ0n) is 18.5. The lowest BCUT2D eigenvalue weighted by molar-refractivity contribution is 0.0577. The lowest BCUT2D eigenvalue weighted by Gasteiger charge is -2.35. The van der Waals surface area contributed by atoms with E-state index in [1.807, 2.05) is 6.92 Å². The summed E-state index contributed by atoms with van der Waals surface area (Å²) >= 11 is 18.3. The minimum Gasteiger partial charge on any atom is -0.484 e.